The SMILES string of the molecule is N=CN=C(N)c1cc(N2CCOCC2)cc2c1nc1n2-c2ccnc3cccc(c23)C1. The lowest BCUT2D eigenvalue weighted by molar-refractivity contribution is 0.122. The van der Waals surface area contributed by atoms with Crippen molar-refractivity contribution in [3.8, 4) is 5.69 Å². The fourth-order valence-electron chi connectivity index (χ4n) is 4.70. The third kappa shape index (κ3) is 2.72. The Morgan fingerprint density at radius 3 is 2.90 bits per heavy atom. The van der Waals surface area contributed by atoms with Crippen molar-refractivity contribution in [2.45, 2.75) is 6.42 Å². The molecule has 4 heterocycles. The maximum Gasteiger partial charge on any atom is 0.134 e. The number of aliphatic imine (C=N–C) groups is 1. The molecule has 0 amide bonds. The van der Waals surface area contributed by atoms with Gasteiger partial charge < -0.3 is 15.4 Å². The number of nitrogens with two attached hydrogens (primary N) is 1. The van der Waals surface area contributed by atoms with Gasteiger partial charge in [-0.3, -0.25) is 15.0 Å². The van der Waals surface area contributed by atoms with E-state index in [2.05, 4.69) is 31.6 Å². The van der Waals surface area contributed by atoms with Gasteiger partial charge in [-0.2, -0.15) is 0 Å². The summed E-state index contributed by atoms with van der Waals surface area (Å²) in [6, 6.07) is 12.5. The number of hydrogen-bond acceptors (Lipinski definition) is 5. The van der Waals surface area contributed by atoms with E-state index in [0.717, 1.165) is 70.5 Å². The molecule has 1 fully saturated rings. The molecule has 2 aromatic carbocycles. The first-order chi connectivity index (χ1) is 15.2. The van der Waals surface area contributed by atoms with E-state index in [1.807, 2.05) is 30.5 Å². The summed E-state index contributed by atoms with van der Waals surface area (Å²) in [6.45, 7) is 3.02. The molecule has 0 radical (unpaired) electrons. The molecule has 2 aliphatic heterocycles. The highest BCUT2D eigenvalue weighted by molar-refractivity contribution is 6.11. The number of rotatable bonds is 3. The van der Waals surface area contributed by atoms with Crippen molar-refractivity contribution in [2.24, 2.45) is 10.7 Å². The van der Waals surface area contributed by atoms with Crippen LogP contribution in [-0.2, 0) is 11.2 Å². The molecule has 154 valence electrons. The Bertz CT molecular complexity index is 1380. The van der Waals surface area contributed by atoms with Gasteiger partial charge in [-0.05, 0) is 29.8 Å². The Morgan fingerprint density at radius 1 is 1.19 bits per heavy atom. The van der Waals surface area contributed by atoms with Crippen LogP contribution in [0.25, 0.3) is 27.6 Å². The second kappa shape index (κ2) is 6.88. The normalized spacial score (nSPS) is 16.0. The quantitative estimate of drug-likeness (QED) is 0.351. The minimum absolute atomic E-state index is 0.294. The number of hydrogen-bond donors (Lipinski definition) is 2. The molecule has 0 unspecified atom stereocenters. The van der Waals surface area contributed by atoms with Gasteiger partial charge in [0.2, 0.25) is 0 Å². The zero-order valence-corrected chi connectivity index (χ0v) is 16.9. The Kier molecular flexibility index (Phi) is 4.00. The van der Waals surface area contributed by atoms with Crippen LogP contribution in [0.4, 0.5) is 5.69 Å². The van der Waals surface area contributed by atoms with Gasteiger partial charge in [0, 0.05) is 42.3 Å². The molecule has 1 saturated heterocycles. The van der Waals surface area contributed by atoms with Crippen molar-refractivity contribution >= 4 is 39.8 Å². The summed E-state index contributed by atoms with van der Waals surface area (Å²) in [5.74, 6) is 1.26. The predicted octanol–water partition coefficient (Wildman–Crippen LogP) is 2.63. The lowest BCUT2D eigenvalue weighted by Gasteiger charge is -2.29. The van der Waals surface area contributed by atoms with Gasteiger partial charge in [-0.1, -0.05) is 12.1 Å². The number of fused-ring (bicyclic) bond motifs is 4. The maximum absolute atomic E-state index is 7.38. The average molecular weight is 411 g/mol. The van der Waals surface area contributed by atoms with Gasteiger partial charge in [-0.25, -0.2) is 9.98 Å². The van der Waals surface area contributed by atoms with Gasteiger partial charge >= 0.3 is 0 Å². The van der Waals surface area contributed by atoms with Crippen LogP contribution in [0.5, 0.6) is 0 Å². The van der Waals surface area contributed by atoms with Crippen LogP contribution in [0.15, 0.2) is 47.6 Å². The standard InChI is InChI=1S/C23H21N7O/c24-13-27-23(25)16-11-15(29-6-8-31-9-7-29)12-19-22(16)28-20-10-14-2-1-3-17-21(14)18(30(19)20)4-5-26-17/h1-5,11-13H,6-10H2,(H3,24,25,27). The smallest absolute Gasteiger partial charge is 0.134 e. The van der Waals surface area contributed by atoms with Crippen molar-refractivity contribution in [1.29, 1.82) is 5.41 Å². The number of pyridine rings is 1. The molecule has 6 rings (SSSR count). The van der Waals surface area contributed by atoms with E-state index in [1.54, 1.807) is 0 Å². The summed E-state index contributed by atoms with van der Waals surface area (Å²) < 4.78 is 7.75. The van der Waals surface area contributed by atoms with E-state index in [1.165, 1.54) is 5.56 Å². The summed E-state index contributed by atoms with van der Waals surface area (Å²) in [4.78, 5) is 15.9. The Morgan fingerprint density at radius 2 is 2.06 bits per heavy atom. The van der Waals surface area contributed by atoms with Gasteiger partial charge in [0.15, 0.2) is 0 Å². The monoisotopic (exact) mass is 411 g/mol. The first-order valence-electron chi connectivity index (χ1n) is 10.3. The van der Waals surface area contributed by atoms with Crippen LogP contribution in [0.3, 0.4) is 0 Å². The summed E-state index contributed by atoms with van der Waals surface area (Å²) in [7, 11) is 0. The lowest BCUT2D eigenvalue weighted by atomic mass is 10.0. The van der Waals surface area contributed by atoms with Crippen molar-refractivity contribution in [3.05, 3.63) is 59.5 Å². The molecular weight excluding hydrogens is 390 g/mol. The Labute approximate surface area is 178 Å². The molecule has 31 heavy (non-hydrogen) atoms. The largest absolute Gasteiger partial charge is 0.383 e. The minimum atomic E-state index is 0.294. The maximum atomic E-state index is 7.38. The second-order valence-electron chi connectivity index (χ2n) is 7.79. The fraction of sp³-hybridized carbons (Fsp3) is 0.217. The molecule has 8 nitrogen and oxygen atoms in total. The average Bonchev–Trinajstić information content (AvgIpc) is 3.18. The lowest BCUT2D eigenvalue weighted by Crippen LogP contribution is -2.36. The van der Waals surface area contributed by atoms with E-state index in [4.69, 9.17) is 20.9 Å². The van der Waals surface area contributed by atoms with Gasteiger partial charge in [0.1, 0.15) is 23.5 Å². The van der Waals surface area contributed by atoms with Gasteiger partial charge in [0.05, 0.1) is 29.9 Å². The number of imidazole rings is 1. The molecule has 2 aliphatic rings. The highest BCUT2D eigenvalue weighted by atomic mass is 16.5. The second-order valence-corrected chi connectivity index (χ2v) is 7.79. The summed E-state index contributed by atoms with van der Waals surface area (Å²) in [5, 5.41) is 8.55. The molecule has 0 atom stereocenters. The van der Waals surface area contributed by atoms with E-state index >= 15 is 0 Å². The van der Waals surface area contributed by atoms with E-state index in [0.29, 0.717) is 19.0 Å². The van der Waals surface area contributed by atoms with E-state index in [9.17, 15) is 0 Å². The zero-order valence-electron chi connectivity index (χ0n) is 16.9. The van der Waals surface area contributed by atoms with Crippen LogP contribution in [0.1, 0.15) is 17.0 Å². The molecule has 4 aromatic rings. The first kappa shape index (κ1) is 18.0. The number of ether oxygens (including phenoxy) is 1. The molecule has 2 aromatic heterocycles. The number of nitrogens with zero attached hydrogens (tertiary/aromatic N) is 5. The summed E-state index contributed by atoms with van der Waals surface area (Å²) in [5.41, 5.74) is 13.2. The number of nitrogens with one attached hydrogen (secondary N) is 1. The minimum Gasteiger partial charge on any atom is -0.383 e. The predicted molar refractivity (Wildman–Crippen MR) is 122 cm³/mol. The fourth-order valence-corrected chi connectivity index (χ4v) is 4.70. The van der Waals surface area contributed by atoms with Gasteiger partial charge in [0.25, 0.3) is 0 Å². The zero-order chi connectivity index (χ0) is 20.9. The van der Waals surface area contributed by atoms with Crippen molar-refractivity contribution in [3.63, 3.8) is 0 Å². The van der Waals surface area contributed by atoms with Crippen molar-refractivity contribution in [2.75, 3.05) is 31.2 Å². The molecule has 0 saturated carbocycles. The molecule has 8 heteroatoms. The molecule has 0 bridgehead atoms. The molecule has 0 spiro atoms. The number of anilines is 1. The van der Waals surface area contributed by atoms with Crippen LogP contribution in [0.2, 0.25) is 0 Å². The highest BCUT2D eigenvalue weighted by Crippen LogP contribution is 2.37. The van der Waals surface area contributed by atoms with Crippen LogP contribution in [-0.4, -0.2) is 53.0 Å². The number of aromatic nitrogens is 3. The molecule has 0 aliphatic carbocycles. The molecular formula is C23H21N7O. The summed E-state index contributed by atoms with van der Waals surface area (Å²) >= 11 is 0. The number of morpholine rings is 1. The van der Waals surface area contributed by atoms with E-state index in [-0.39, 0.29) is 0 Å². The van der Waals surface area contributed by atoms with Crippen LogP contribution < -0.4 is 10.6 Å². The number of amidine groups is 1. The third-order valence-corrected chi connectivity index (χ3v) is 6.09. The Balaban J connectivity index is 1.67. The van der Waals surface area contributed by atoms with Crippen LogP contribution in [0, 0.1) is 5.41 Å². The van der Waals surface area contributed by atoms with E-state index < -0.39 is 0 Å². The number of benzene rings is 2. The third-order valence-electron chi connectivity index (χ3n) is 6.09. The molecule has 3 N–H and O–H groups in total. The van der Waals surface area contributed by atoms with Crippen molar-refractivity contribution < 1.29 is 4.74 Å². The Hall–Kier alpha value is -3.78. The summed E-state index contributed by atoms with van der Waals surface area (Å²) in [6.07, 6.45) is 3.54. The van der Waals surface area contributed by atoms with Crippen LogP contribution >= 0.6 is 0 Å². The van der Waals surface area contributed by atoms with Gasteiger partial charge in [-0.15, -0.1) is 0 Å². The van der Waals surface area contributed by atoms with Crippen molar-refractivity contribution in [1.82, 2.24) is 14.5 Å². The topological polar surface area (TPSA) is 105 Å². The highest BCUT2D eigenvalue weighted by Gasteiger charge is 2.25. The first-order valence-corrected chi connectivity index (χ1v) is 10.3.